The third kappa shape index (κ3) is 4.68. The summed E-state index contributed by atoms with van der Waals surface area (Å²) in [5.41, 5.74) is 1.48. The Balaban J connectivity index is 1.86. The summed E-state index contributed by atoms with van der Waals surface area (Å²) in [5, 5.41) is 0. The van der Waals surface area contributed by atoms with E-state index in [2.05, 4.69) is 9.71 Å². The van der Waals surface area contributed by atoms with Gasteiger partial charge in [-0.2, -0.15) is 0 Å². The quantitative estimate of drug-likeness (QED) is 0.549. The third-order valence-electron chi connectivity index (χ3n) is 4.60. The highest BCUT2D eigenvalue weighted by Gasteiger charge is 2.20. The van der Waals surface area contributed by atoms with Gasteiger partial charge in [-0.3, -0.25) is 9.52 Å². The molecule has 30 heavy (non-hydrogen) atoms. The van der Waals surface area contributed by atoms with Gasteiger partial charge in [0, 0.05) is 17.7 Å². The summed E-state index contributed by atoms with van der Waals surface area (Å²) >= 11 is 0. The minimum absolute atomic E-state index is 0.115. The standard InChI is InChI=1S/C21H20F2N2O4S/c1-12(15-7-5-14(11-17(15)23)25-30(3,27)28)18-8-9-19(24-18)21(26)16-6-4-13(22)10-20(16)29-2/h4-12,24-25H,1-3H3. The predicted molar refractivity (Wildman–Crippen MR) is 110 cm³/mol. The maximum absolute atomic E-state index is 14.6. The van der Waals surface area contributed by atoms with Gasteiger partial charge in [-0.05, 0) is 42.0 Å². The van der Waals surface area contributed by atoms with Gasteiger partial charge >= 0.3 is 0 Å². The number of ketones is 1. The molecule has 2 aromatic carbocycles. The van der Waals surface area contributed by atoms with Gasteiger partial charge in [-0.25, -0.2) is 17.2 Å². The Hall–Kier alpha value is -3.20. The number of hydrogen-bond donors (Lipinski definition) is 2. The average molecular weight is 434 g/mol. The van der Waals surface area contributed by atoms with Crippen molar-refractivity contribution in [2.45, 2.75) is 12.8 Å². The van der Waals surface area contributed by atoms with Crippen LogP contribution in [0, 0.1) is 11.6 Å². The zero-order valence-corrected chi connectivity index (χ0v) is 17.3. The number of anilines is 1. The van der Waals surface area contributed by atoms with Crippen LogP contribution >= 0.6 is 0 Å². The van der Waals surface area contributed by atoms with Crippen molar-refractivity contribution >= 4 is 21.5 Å². The van der Waals surface area contributed by atoms with Crippen LogP contribution in [0.15, 0.2) is 48.5 Å². The largest absolute Gasteiger partial charge is 0.496 e. The highest BCUT2D eigenvalue weighted by atomic mass is 32.2. The van der Waals surface area contributed by atoms with Crippen molar-refractivity contribution in [3.63, 3.8) is 0 Å². The molecule has 1 atom stereocenters. The molecule has 0 radical (unpaired) electrons. The van der Waals surface area contributed by atoms with Crippen molar-refractivity contribution in [1.82, 2.24) is 4.98 Å². The fraction of sp³-hybridized carbons (Fsp3) is 0.190. The van der Waals surface area contributed by atoms with Gasteiger partial charge < -0.3 is 9.72 Å². The lowest BCUT2D eigenvalue weighted by molar-refractivity contribution is 0.103. The maximum Gasteiger partial charge on any atom is 0.229 e. The Morgan fingerprint density at radius 3 is 2.47 bits per heavy atom. The Morgan fingerprint density at radius 1 is 1.10 bits per heavy atom. The molecule has 1 heterocycles. The third-order valence-corrected chi connectivity index (χ3v) is 5.20. The van der Waals surface area contributed by atoms with E-state index in [4.69, 9.17) is 4.74 Å². The van der Waals surface area contributed by atoms with E-state index in [1.54, 1.807) is 19.1 Å². The van der Waals surface area contributed by atoms with E-state index < -0.39 is 33.4 Å². The number of benzene rings is 2. The van der Waals surface area contributed by atoms with Crippen LogP contribution < -0.4 is 9.46 Å². The number of H-pyrrole nitrogens is 1. The summed E-state index contributed by atoms with van der Waals surface area (Å²) in [6, 6.07) is 10.9. The van der Waals surface area contributed by atoms with E-state index in [0.29, 0.717) is 11.3 Å². The van der Waals surface area contributed by atoms with Crippen LogP contribution in [0.25, 0.3) is 0 Å². The fourth-order valence-electron chi connectivity index (χ4n) is 3.12. The first-order chi connectivity index (χ1) is 14.1. The van der Waals surface area contributed by atoms with Crippen molar-refractivity contribution in [1.29, 1.82) is 0 Å². The van der Waals surface area contributed by atoms with Gasteiger partial charge in [0.2, 0.25) is 15.8 Å². The molecule has 3 rings (SSSR count). The Morgan fingerprint density at radius 2 is 1.83 bits per heavy atom. The molecule has 1 unspecified atom stereocenters. The molecular weight excluding hydrogens is 414 g/mol. The summed E-state index contributed by atoms with van der Waals surface area (Å²) < 4.78 is 57.8. The van der Waals surface area contributed by atoms with Gasteiger partial charge in [0.25, 0.3) is 0 Å². The molecule has 6 nitrogen and oxygen atoms in total. The van der Waals surface area contributed by atoms with E-state index >= 15 is 0 Å². The number of methoxy groups -OCH3 is 1. The molecule has 0 saturated heterocycles. The summed E-state index contributed by atoms with van der Waals surface area (Å²) in [4.78, 5) is 15.8. The van der Waals surface area contributed by atoms with E-state index in [1.165, 1.54) is 31.4 Å². The van der Waals surface area contributed by atoms with Gasteiger partial charge in [-0.15, -0.1) is 0 Å². The van der Waals surface area contributed by atoms with Gasteiger partial charge in [0.05, 0.1) is 30.3 Å². The zero-order chi connectivity index (χ0) is 22.1. The fourth-order valence-corrected chi connectivity index (χ4v) is 3.67. The second kappa shape index (κ2) is 8.27. The molecule has 0 spiro atoms. The number of aromatic amines is 1. The first-order valence-electron chi connectivity index (χ1n) is 8.93. The number of rotatable bonds is 7. The number of halogens is 2. The lowest BCUT2D eigenvalue weighted by Crippen LogP contribution is -2.10. The number of carbonyl (C=O) groups is 1. The Kier molecular flexibility index (Phi) is 5.93. The van der Waals surface area contributed by atoms with Crippen molar-refractivity contribution in [3.05, 3.63) is 82.7 Å². The van der Waals surface area contributed by atoms with Crippen LogP contribution in [-0.2, 0) is 10.0 Å². The lowest BCUT2D eigenvalue weighted by atomic mass is 9.97. The number of sulfonamides is 1. The predicted octanol–water partition coefficient (Wildman–Crippen LogP) is 4.06. The molecule has 3 aromatic rings. The number of ether oxygens (including phenoxy) is 1. The molecule has 2 N–H and O–H groups in total. The molecule has 9 heteroatoms. The summed E-state index contributed by atoms with van der Waals surface area (Å²) in [5.74, 6) is -1.82. The van der Waals surface area contributed by atoms with Gasteiger partial charge in [0.15, 0.2) is 0 Å². The van der Waals surface area contributed by atoms with Crippen molar-refractivity contribution in [3.8, 4) is 5.75 Å². The molecule has 0 aliphatic heterocycles. The Bertz CT molecular complexity index is 1210. The first-order valence-corrected chi connectivity index (χ1v) is 10.8. The van der Waals surface area contributed by atoms with Crippen LogP contribution in [0.3, 0.4) is 0 Å². The minimum atomic E-state index is -3.51. The highest BCUT2D eigenvalue weighted by Crippen LogP contribution is 2.29. The normalized spacial score (nSPS) is 12.4. The number of carbonyl (C=O) groups excluding carboxylic acids is 1. The number of aromatic nitrogens is 1. The van der Waals surface area contributed by atoms with Crippen LogP contribution in [0.4, 0.5) is 14.5 Å². The summed E-state index contributed by atoms with van der Waals surface area (Å²) in [6.45, 7) is 1.75. The number of hydrogen-bond acceptors (Lipinski definition) is 4. The SMILES string of the molecule is COc1cc(F)ccc1C(=O)c1ccc(C(C)c2ccc(NS(C)(=O)=O)cc2F)[nH]1. The van der Waals surface area contributed by atoms with Crippen molar-refractivity contribution in [2.24, 2.45) is 0 Å². The van der Waals surface area contributed by atoms with E-state index in [-0.39, 0.29) is 22.7 Å². The molecule has 0 amide bonds. The molecule has 1 aromatic heterocycles. The topological polar surface area (TPSA) is 88.3 Å². The van der Waals surface area contributed by atoms with E-state index in [0.717, 1.165) is 18.4 Å². The Labute approximate surface area is 172 Å². The van der Waals surface area contributed by atoms with Crippen LogP contribution in [0.2, 0.25) is 0 Å². The molecule has 0 saturated carbocycles. The summed E-state index contributed by atoms with van der Waals surface area (Å²) in [6.07, 6.45) is 0.981. The monoisotopic (exact) mass is 434 g/mol. The second-order valence-corrected chi connectivity index (χ2v) is 8.58. The van der Waals surface area contributed by atoms with Crippen LogP contribution in [0.1, 0.15) is 40.2 Å². The molecule has 0 fully saturated rings. The second-order valence-electron chi connectivity index (χ2n) is 6.83. The van der Waals surface area contributed by atoms with Crippen LogP contribution in [0.5, 0.6) is 5.75 Å². The number of nitrogens with one attached hydrogen (secondary N) is 2. The molecule has 0 aliphatic rings. The first kappa shape index (κ1) is 21.5. The molecule has 0 aliphatic carbocycles. The molecular formula is C21H20F2N2O4S. The average Bonchev–Trinajstić information content (AvgIpc) is 3.16. The van der Waals surface area contributed by atoms with Crippen LogP contribution in [-0.4, -0.2) is 32.6 Å². The minimum Gasteiger partial charge on any atom is -0.496 e. The smallest absolute Gasteiger partial charge is 0.229 e. The molecule has 0 bridgehead atoms. The molecule has 158 valence electrons. The van der Waals surface area contributed by atoms with Gasteiger partial charge in [0.1, 0.15) is 17.4 Å². The van der Waals surface area contributed by atoms with Crippen molar-refractivity contribution in [2.75, 3.05) is 18.1 Å². The zero-order valence-electron chi connectivity index (χ0n) is 16.5. The van der Waals surface area contributed by atoms with E-state index in [9.17, 15) is 22.0 Å². The summed E-state index contributed by atoms with van der Waals surface area (Å²) in [7, 11) is -2.17. The maximum atomic E-state index is 14.6. The van der Waals surface area contributed by atoms with E-state index in [1.807, 2.05) is 0 Å². The lowest BCUT2D eigenvalue weighted by Gasteiger charge is -2.13. The van der Waals surface area contributed by atoms with Gasteiger partial charge in [-0.1, -0.05) is 13.0 Å². The highest BCUT2D eigenvalue weighted by molar-refractivity contribution is 7.92. The van der Waals surface area contributed by atoms with Crippen molar-refractivity contribution < 1.29 is 26.7 Å².